The van der Waals surface area contributed by atoms with Gasteiger partial charge in [0.25, 0.3) is 0 Å². The van der Waals surface area contributed by atoms with Crippen molar-refractivity contribution in [2.45, 2.75) is 0 Å². The molecule has 0 aliphatic carbocycles. The van der Waals surface area contributed by atoms with Crippen LogP contribution in [0.1, 0.15) is 0 Å². The summed E-state index contributed by atoms with van der Waals surface area (Å²) in [5.41, 5.74) is 14.0. The Morgan fingerprint density at radius 3 is 0.903 bits per heavy atom. The maximum Gasteiger partial charge on any atom is 0.164 e. The number of hydrogen-bond acceptors (Lipinski definition) is 4. The predicted molar refractivity (Wildman–Crippen MR) is 256 cm³/mol. The lowest BCUT2D eigenvalue weighted by molar-refractivity contribution is 1.07. The maximum atomic E-state index is 5.08. The van der Waals surface area contributed by atoms with Crippen LogP contribution in [-0.4, -0.2) is 19.9 Å². The molecule has 290 valence electrons. The first kappa shape index (κ1) is 36.7. The molecule has 2 heterocycles. The summed E-state index contributed by atoms with van der Waals surface area (Å²) in [4.78, 5) is 19.8. The molecule has 0 fully saturated rings. The molecule has 0 aliphatic heterocycles. The fourth-order valence-electron chi connectivity index (χ4n) is 8.20. The number of aromatic nitrogens is 4. The first-order chi connectivity index (χ1) is 30.7. The zero-order valence-electron chi connectivity index (χ0n) is 33.7. The Morgan fingerprint density at radius 2 is 0.484 bits per heavy atom. The highest BCUT2D eigenvalue weighted by Gasteiger charge is 2.14. The minimum atomic E-state index is 0.648. The molecule has 4 heteroatoms. The van der Waals surface area contributed by atoms with Gasteiger partial charge in [-0.15, -0.1) is 0 Å². The fourth-order valence-corrected chi connectivity index (χ4v) is 8.20. The highest BCUT2D eigenvalue weighted by Crippen LogP contribution is 2.35. The molecule has 0 aliphatic rings. The van der Waals surface area contributed by atoms with E-state index >= 15 is 0 Å². The van der Waals surface area contributed by atoms with Crippen LogP contribution in [0.15, 0.2) is 231 Å². The van der Waals surface area contributed by atoms with Gasteiger partial charge in [-0.3, -0.25) is 0 Å². The normalized spacial score (nSPS) is 11.2. The molecule has 4 nitrogen and oxygen atoms in total. The van der Waals surface area contributed by atoms with E-state index in [1.807, 2.05) is 72.8 Å². The Balaban J connectivity index is 0.889. The second-order valence-corrected chi connectivity index (χ2v) is 15.5. The molecule has 11 rings (SSSR count). The van der Waals surface area contributed by atoms with Crippen molar-refractivity contribution < 1.29 is 0 Å². The van der Waals surface area contributed by atoms with Crippen molar-refractivity contribution in [3.05, 3.63) is 231 Å². The topological polar surface area (TPSA) is 51.6 Å². The van der Waals surface area contributed by atoms with Crippen LogP contribution in [0.2, 0.25) is 0 Å². The second-order valence-electron chi connectivity index (χ2n) is 15.5. The number of rotatable bonds is 8. The van der Waals surface area contributed by atoms with E-state index in [1.165, 1.54) is 27.5 Å². The van der Waals surface area contributed by atoms with Gasteiger partial charge in [0, 0.05) is 27.8 Å². The third-order valence-electron chi connectivity index (χ3n) is 11.5. The Morgan fingerprint density at radius 1 is 0.177 bits per heavy atom. The molecule has 0 radical (unpaired) electrons. The van der Waals surface area contributed by atoms with Crippen LogP contribution in [0, 0.1) is 0 Å². The van der Waals surface area contributed by atoms with Crippen LogP contribution < -0.4 is 0 Å². The van der Waals surface area contributed by atoms with Crippen molar-refractivity contribution in [3.63, 3.8) is 0 Å². The third kappa shape index (κ3) is 7.42. The largest absolute Gasteiger partial charge is 0.248 e. The molecule has 0 unspecified atom stereocenters. The van der Waals surface area contributed by atoms with Gasteiger partial charge in [-0.2, -0.15) is 0 Å². The molecule has 0 saturated carbocycles. The number of benzene rings is 9. The molecule has 0 bridgehead atoms. The highest BCUT2D eigenvalue weighted by molar-refractivity contribution is 5.93. The lowest BCUT2D eigenvalue weighted by atomic mass is 9.94. The molecule has 0 amide bonds. The SMILES string of the molecule is c1ccc(-c2cc(-c3ccc4cc(-c5cccc(-c6ccc7cc(-c8nc(-c9ccccc9)nc(-c9ccccc9)n8)ccc7c6)c5)ccc4c3)cc(-c3ccccc3)n2)cc1. The lowest BCUT2D eigenvalue weighted by Gasteiger charge is -2.12. The Kier molecular flexibility index (Phi) is 9.49. The molecule has 0 N–H and O–H groups in total. The molecular weight excluding hydrogens is 753 g/mol. The highest BCUT2D eigenvalue weighted by atomic mass is 15.0. The summed E-state index contributed by atoms with van der Waals surface area (Å²) in [5, 5.41) is 4.67. The summed E-state index contributed by atoms with van der Waals surface area (Å²) in [6.45, 7) is 0. The van der Waals surface area contributed by atoms with Crippen molar-refractivity contribution in [2.24, 2.45) is 0 Å². The first-order valence-electron chi connectivity index (χ1n) is 20.9. The van der Waals surface area contributed by atoms with E-state index in [9.17, 15) is 0 Å². The smallest absolute Gasteiger partial charge is 0.164 e. The van der Waals surface area contributed by atoms with Crippen molar-refractivity contribution in [3.8, 4) is 90.1 Å². The van der Waals surface area contributed by atoms with E-state index in [4.69, 9.17) is 19.9 Å². The van der Waals surface area contributed by atoms with Crippen molar-refractivity contribution in [2.75, 3.05) is 0 Å². The molecule has 11 aromatic rings. The van der Waals surface area contributed by atoms with E-state index in [-0.39, 0.29) is 0 Å². The van der Waals surface area contributed by atoms with Crippen LogP contribution in [0.3, 0.4) is 0 Å². The van der Waals surface area contributed by atoms with E-state index in [0.29, 0.717) is 17.5 Å². The molecule has 2 aromatic heterocycles. The van der Waals surface area contributed by atoms with Crippen molar-refractivity contribution in [1.82, 2.24) is 19.9 Å². The summed E-state index contributed by atoms with van der Waals surface area (Å²) < 4.78 is 0. The van der Waals surface area contributed by atoms with Crippen LogP contribution in [-0.2, 0) is 0 Å². The molecule has 9 aromatic carbocycles. The van der Waals surface area contributed by atoms with E-state index < -0.39 is 0 Å². The van der Waals surface area contributed by atoms with E-state index in [1.54, 1.807) is 0 Å². The number of pyridine rings is 1. The van der Waals surface area contributed by atoms with Gasteiger partial charge in [0.15, 0.2) is 17.5 Å². The van der Waals surface area contributed by atoms with Crippen molar-refractivity contribution >= 4 is 21.5 Å². The minimum Gasteiger partial charge on any atom is -0.248 e. The predicted octanol–water partition coefficient (Wildman–Crippen LogP) is 14.9. The zero-order chi connectivity index (χ0) is 41.2. The van der Waals surface area contributed by atoms with Crippen molar-refractivity contribution in [1.29, 1.82) is 0 Å². The summed E-state index contributed by atoms with van der Waals surface area (Å²) in [6.07, 6.45) is 0. The average molecular weight is 791 g/mol. The van der Waals surface area contributed by atoms with Gasteiger partial charge in [-0.05, 0) is 97.4 Å². The van der Waals surface area contributed by atoms with E-state index in [2.05, 4.69) is 158 Å². The van der Waals surface area contributed by atoms with Crippen LogP contribution in [0.25, 0.3) is 112 Å². The van der Waals surface area contributed by atoms with Gasteiger partial charge in [0.2, 0.25) is 0 Å². The maximum absolute atomic E-state index is 5.08. The van der Waals surface area contributed by atoms with Gasteiger partial charge in [-0.1, -0.05) is 188 Å². The second kappa shape index (κ2) is 16.0. The number of nitrogens with zero attached hydrogens (tertiary/aromatic N) is 4. The van der Waals surface area contributed by atoms with Crippen LogP contribution in [0.4, 0.5) is 0 Å². The van der Waals surface area contributed by atoms with Gasteiger partial charge in [-0.25, -0.2) is 19.9 Å². The third-order valence-corrected chi connectivity index (χ3v) is 11.5. The van der Waals surface area contributed by atoms with Crippen LogP contribution in [0.5, 0.6) is 0 Å². The zero-order valence-corrected chi connectivity index (χ0v) is 33.7. The quantitative estimate of drug-likeness (QED) is 0.154. The fraction of sp³-hybridized carbons (Fsp3) is 0. The van der Waals surface area contributed by atoms with Gasteiger partial charge < -0.3 is 0 Å². The van der Waals surface area contributed by atoms with Gasteiger partial charge in [0.1, 0.15) is 0 Å². The standard InChI is InChI=1S/C58H38N4/c1-5-14-39(15-6-1)54-37-53(38-55(59-54)40-16-7-2-8-17-40)51-29-28-47-33-45(24-26-48(47)35-51)43-22-13-23-44(32-43)46-25-27-50-36-52(31-30-49(50)34-46)58-61-56(41-18-9-3-10-19-41)60-57(62-58)42-20-11-4-12-21-42/h1-38H. The number of fused-ring (bicyclic) bond motifs is 2. The molecule has 62 heavy (non-hydrogen) atoms. The molecular formula is C58H38N4. The summed E-state index contributed by atoms with van der Waals surface area (Å²) in [6, 6.07) is 80.9. The summed E-state index contributed by atoms with van der Waals surface area (Å²) in [7, 11) is 0. The molecule has 0 saturated heterocycles. The Labute approximate surface area is 360 Å². The Hall–Kier alpha value is -8.34. The molecule has 0 atom stereocenters. The molecule has 0 spiro atoms. The number of hydrogen-bond donors (Lipinski definition) is 0. The average Bonchev–Trinajstić information content (AvgIpc) is 3.36. The van der Waals surface area contributed by atoms with Crippen LogP contribution >= 0.6 is 0 Å². The van der Waals surface area contributed by atoms with E-state index in [0.717, 1.165) is 66.7 Å². The minimum absolute atomic E-state index is 0.648. The first-order valence-corrected chi connectivity index (χ1v) is 20.9. The Bertz CT molecular complexity index is 3050. The van der Waals surface area contributed by atoms with Gasteiger partial charge >= 0.3 is 0 Å². The lowest BCUT2D eigenvalue weighted by Crippen LogP contribution is -2.00. The summed E-state index contributed by atoms with van der Waals surface area (Å²) in [5.74, 6) is 1.96. The monoisotopic (exact) mass is 790 g/mol. The summed E-state index contributed by atoms with van der Waals surface area (Å²) >= 11 is 0. The van der Waals surface area contributed by atoms with Gasteiger partial charge in [0.05, 0.1) is 11.4 Å².